The van der Waals surface area contributed by atoms with Crippen molar-refractivity contribution in [2.24, 2.45) is 22.7 Å². The van der Waals surface area contributed by atoms with Crippen molar-refractivity contribution in [3.63, 3.8) is 0 Å². The molecule has 35 heavy (non-hydrogen) atoms. The van der Waals surface area contributed by atoms with Crippen LogP contribution < -0.4 is 0 Å². The minimum atomic E-state index is -2.01. The number of carbonyl (C=O) groups is 3. The minimum absolute atomic E-state index is 0.0626. The second-order valence-corrected chi connectivity index (χ2v) is 17.6. The van der Waals surface area contributed by atoms with Gasteiger partial charge in [0.15, 0.2) is 14.4 Å². The predicted octanol–water partition coefficient (Wildman–Crippen LogP) is 5.77. The van der Waals surface area contributed by atoms with Crippen LogP contribution in [0.2, 0.25) is 18.1 Å². The highest BCUT2D eigenvalue weighted by molar-refractivity contribution is 6.74. The number of cyclic esters (lactones) is 1. The van der Waals surface area contributed by atoms with Crippen LogP contribution in [0.1, 0.15) is 73.6 Å². The molecule has 0 aromatic heterocycles. The normalized spacial score (nSPS) is 35.1. The molecule has 0 bridgehead atoms. The number of carbonyl (C=O) groups excluding carboxylic acids is 3. The second kappa shape index (κ2) is 9.62. The molecule has 0 aromatic carbocycles. The van der Waals surface area contributed by atoms with Gasteiger partial charge in [0.25, 0.3) is 0 Å². The maximum Gasteiger partial charge on any atom is 0.337 e. The van der Waals surface area contributed by atoms with E-state index in [0.29, 0.717) is 30.8 Å². The number of Topliss-reactive ketones (excluding diaryl/α,β-unsaturated/α-hetero) is 1. The molecular weight excluding hydrogens is 460 g/mol. The SMILES string of the molecule is C=C1CC[C@H]2[C@@](C)(CCC(=O)[C@@]2(C)CO[Si](C)(C)C(C)(C)C)[C@@H]1C/C=C1/C(=O)OC[C@H]1OC(C)=O. The van der Waals surface area contributed by atoms with Gasteiger partial charge < -0.3 is 13.9 Å². The van der Waals surface area contributed by atoms with Gasteiger partial charge in [0.05, 0.1) is 11.0 Å². The summed E-state index contributed by atoms with van der Waals surface area (Å²) in [5.41, 5.74) is 0.902. The van der Waals surface area contributed by atoms with Gasteiger partial charge in [-0.05, 0) is 61.1 Å². The number of fused-ring (bicyclic) bond motifs is 1. The molecule has 3 rings (SSSR count). The van der Waals surface area contributed by atoms with E-state index >= 15 is 0 Å². The summed E-state index contributed by atoms with van der Waals surface area (Å²) in [7, 11) is -2.01. The van der Waals surface area contributed by atoms with E-state index in [2.05, 4.69) is 54.3 Å². The third-order valence-corrected chi connectivity index (χ3v) is 14.0. The Morgan fingerprint density at radius 2 is 1.89 bits per heavy atom. The van der Waals surface area contributed by atoms with Crippen molar-refractivity contribution in [1.29, 1.82) is 0 Å². The molecule has 1 saturated heterocycles. The van der Waals surface area contributed by atoms with Gasteiger partial charge in [-0.3, -0.25) is 9.59 Å². The third-order valence-electron chi connectivity index (χ3n) is 9.50. The highest BCUT2D eigenvalue weighted by Gasteiger charge is 2.58. The van der Waals surface area contributed by atoms with Crippen LogP contribution in [0.5, 0.6) is 0 Å². The van der Waals surface area contributed by atoms with Crippen LogP contribution in [0.4, 0.5) is 0 Å². The summed E-state index contributed by atoms with van der Waals surface area (Å²) in [5, 5.41) is 0.0777. The van der Waals surface area contributed by atoms with Crippen molar-refractivity contribution in [1.82, 2.24) is 0 Å². The summed E-state index contributed by atoms with van der Waals surface area (Å²) in [6.45, 7) is 21.8. The Morgan fingerprint density at radius 3 is 2.49 bits per heavy atom. The number of rotatable bonds is 6. The highest BCUT2D eigenvalue weighted by Crippen LogP contribution is 2.61. The van der Waals surface area contributed by atoms with Gasteiger partial charge in [0.1, 0.15) is 12.4 Å². The minimum Gasteiger partial charge on any atom is -0.458 e. The molecule has 0 unspecified atom stereocenters. The number of hydrogen-bond donors (Lipinski definition) is 0. The molecule has 2 saturated carbocycles. The van der Waals surface area contributed by atoms with Gasteiger partial charge in [0.2, 0.25) is 0 Å². The van der Waals surface area contributed by atoms with E-state index < -0.39 is 31.8 Å². The first-order valence-electron chi connectivity index (χ1n) is 12.9. The molecule has 196 valence electrons. The molecule has 7 heteroatoms. The van der Waals surface area contributed by atoms with E-state index in [0.717, 1.165) is 24.8 Å². The average Bonchev–Trinajstić information content (AvgIpc) is 3.07. The molecule has 1 heterocycles. The summed E-state index contributed by atoms with van der Waals surface area (Å²) in [6.07, 6.45) is 4.95. The topological polar surface area (TPSA) is 78.9 Å². The zero-order chi connectivity index (χ0) is 26.4. The predicted molar refractivity (Wildman–Crippen MR) is 138 cm³/mol. The fourth-order valence-electron chi connectivity index (χ4n) is 6.18. The van der Waals surface area contributed by atoms with Crippen LogP contribution in [0.25, 0.3) is 0 Å². The lowest BCUT2D eigenvalue weighted by Crippen LogP contribution is -2.57. The molecule has 6 nitrogen and oxygen atoms in total. The Labute approximate surface area is 212 Å². The maximum absolute atomic E-state index is 13.4. The Bertz CT molecular complexity index is 928. The van der Waals surface area contributed by atoms with E-state index in [4.69, 9.17) is 13.9 Å². The summed E-state index contributed by atoms with van der Waals surface area (Å²) in [5.74, 6) is -0.255. The summed E-state index contributed by atoms with van der Waals surface area (Å²) in [4.78, 5) is 37.2. The largest absolute Gasteiger partial charge is 0.458 e. The number of esters is 2. The molecule has 0 amide bonds. The fraction of sp³-hybridized carbons (Fsp3) is 0.750. The maximum atomic E-state index is 13.4. The monoisotopic (exact) mass is 504 g/mol. The lowest BCUT2D eigenvalue weighted by molar-refractivity contribution is -0.151. The van der Waals surface area contributed by atoms with E-state index in [-0.39, 0.29) is 28.9 Å². The van der Waals surface area contributed by atoms with Crippen LogP contribution in [0.15, 0.2) is 23.8 Å². The van der Waals surface area contributed by atoms with E-state index in [1.807, 2.05) is 6.08 Å². The average molecular weight is 505 g/mol. The van der Waals surface area contributed by atoms with Crippen LogP contribution in [0, 0.1) is 22.7 Å². The molecule has 3 aliphatic rings. The highest BCUT2D eigenvalue weighted by atomic mass is 28.4. The molecule has 5 atom stereocenters. The van der Waals surface area contributed by atoms with E-state index in [9.17, 15) is 14.4 Å². The van der Waals surface area contributed by atoms with Gasteiger partial charge >= 0.3 is 11.9 Å². The molecule has 2 aliphatic carbocycles. The number of ketones is 1. The Balaban J connectivity index is 1.88. The lowest BCUT2D eigenvalue weighted by atomic mass is 9.46. The van der Waals surface area contributed by atoms with E-state index in [1.165, 1.54) is 6.92 Å². The molecule has 0 N–H and O–H groups in total. The zero-order valence-electron chi connectivity index (χ0n) is 22.9. The van der Waals surface area contributed by atoms with Crippen LogP contribution in [-0.4, -0.2) is 45.4 Å². The van der Waals surface area contributed by atoms with Crippen LogP contribution in [-0.2, 0) is 28.3 Å². The Kier molecular flexibility index (Phi) is 7.65. The molecule has 0 aromatic rings. The Morgan fingerprint density at radius 1 is 1.23 bits per heavy atom. The van der Waals surface area contributed by atoms with Gasteiger partial charge in [-0.2, -0.15) is 0 Å². The Hall–Kier alpha value is -1.73. The first-order valence-corrected chi connectivity index (χ1v) is 15.8. The van der Waals surface area contributed by atoms with Gasteiger partial charge in [0, 0.05) is 20.0 Å². The smallest absolute Gasteiger partial charge is 0.337 e. The molecule has 0 radical (unpaired) electrons. The second-order valence-electron chi connectivity index (χ2n) is 12.8. The number of hydrogen-bond acceptors (Lipinski definition) is 6. The third kappa shape index (κ3) is 5.22. The van der Waals surface area contributed by atoms with Gasteiger partial charge in [-0.15, -0.1) is 0 Å². The van der Waals surface area contributed by atoms with E-state index in [1.54, 1.807) is 0 Å². The van der Waals surface area contributed by atoms with Crippen molar-refractivity contribution in [2.45, 2.75) is 97.9 Å². The van der Waals surface area contributed by atoms with Crippen LogP contribution >= 0.6 is 0 Å². The summed E-state index contributed by atoms with van der Waals surface area (Å²) < 4.78 is 17.1. The van der Waals surface area contributed by atoms with Crippen molar-refractivity contribution in [3.8, 4) is 0 Å². The van der Waals surface area contributed by atoms with Crippen molar-refractivity contribution in [3.05, 3.63) is 23.8 Å². The van der Waals surface area contributed by atoms with Gasteiger partial charge in [-0.1, -0.05) is 52.8 Å². The first-order chi connectivity index (χ1) is 16.0. The van der Waals surface area contributed by atoms with Gasteiger partial charge in [-0.25, -0.2) is 4.79 Å². The number of ether oxygens (including phenoxy) is 2. The fourth-order valence-corrected chi connectivity index (χ4v) is 7.27. The molecule has 0 spiro atoms. The van der Waals surface area contributed by atoms with Crippen molar-refractivity contribution < 1.29 is 28.3 Å². The molecule has 1 aliphatic heterocycles. The summed E-state index contributed by atoms with van der Waals surface area (Å²) in [6, 6.07) is 0. The zero-order valence-corrected chi connectivity index (χ0v) is 23.9. The van der Waals surface area contributed by atoms with Crippen molar-refractivity contribution in [2.75, 3.05) is 13.2 Å². The van der Waals surface area contributed by atoms with Crippen LogP contribution in [0.3, 0.4) is 0 Å². The lowest BCUT2D eigenvalue weighted by Gasteiger charge is -2.58. The standard InChI is InChI=1S/C28H44O6Si/c1-18-10-13-23-27(6,21(18)12-11-20-22(34-19(2)29)16-32-25(20)31)15-14-24(30)28(23,7)17-33-35(8,9)26(3,4)5/h11,21-23H,1,10,12-17H2,2-9H3/b20-11+/t21-,22-,23+,27+,28+/m1/s1. The quantitative estimate of drug-likeness (QED) is 0.198. The first kappa shape index (κ1) is 27.8. The molecular formula is C28H44O6Si. The number of allylic oxidation sites excluding steroid dienone is 2. The summed E-state index contributed by atoms with van der Waals surface area (Å²) >= 11 is 0. The molecule has 3 fully saturated rings. The van der Waals surface area contributed by atoms with Crippen molar-refractivity contribution >= 4 is 26.0 Å².